The Morgan fingerprint density at radius 1 is 1.53 bits per heavy atom. The first-order chi connectivity index (χ1) is 7.14. The number of nitrogens with one attached hydrogen (secondary N) is 2. The van der Waals surface area contributed by atoms with Gasteiger partial charge in [0.05, 0.1) is 5.75 Å². The van der Waals surface area contributed by atoms with E-state index < -0.39 is 10.0 Å². The van der Waals surface area contributed by atoms with Crippen molar-refractivity contribution in [3.63, 3.8) is 0 Å². The van der Waals surface area contributed by atoms with Crippen LogP contribution >= 0.6 is 0 Å². The number of hydrogen-bond donors (Lipinski definition) is 2. The number of rotatable bonds is 7. The lowest BCUT2D eigenvalue weighted by Gasteiger charge is -2.04. The second-order valence-corrected chi connectivity index (χ2v) is 5.28. The number of aromatic nitrogens is 2. The van der Waals surface area contributed by atoms with E-state index in [-0.39, 0.29) is 5.75 Å². The Hall–Kier alpha value is -0.880. The molecule has 0 radical (unpaired) electrons. The number of nitrogens with zero attached hydrogens (tertiary/aromatic N) is 1. The van der Waals surface area contributed by atoms with Crippen molar-refractivity contribution in [3.8, 4) is 0 Å². The van der Waals surface area contributed by atoms with Crippen LogP contribution in [0.2, 0.25) is 0 Å². The topological polar surface area (TPSA) is 74.8 Å². The lowest BCUT2D eigenvalue weighted by atomic mass is 10.3. The zero-order valence-corrected chi connectivity index (χ0v) is 9.68. The SMILES string of the molecule is CCCS(=O)(=O)NCCCc1ncc[nH]1. The molecule has 0 fully saturated rings. The Labute approximate surface area is 90.4 Å². The number of hydrogen-bond acceptors (Lipinski definition) is 3. The molecule has 5 nitrogen and oxygen atoms in total. The Morgan fingerprint density at radius 3 is 2.93 bits per heavy atom. The fourth-order valence-electron chi connectivity index (χ4n) is 1.26. The van der Waals surface area contributed by atoms with Gasteiger partial charge in [0.15, 0.2) is 0 Å². The fraction of sp³-hybridized carbons (Fsp3) is 0.667. The molecule has 86 valence electrons. The standard InChI is InChI=1S/C9H17N3O2S/c1-2-8-15(13,14)12-5-3-4-9-10-6-7-11-9/h6-7,12H,2-5,8H2,1H3,(H,10,11). The van der Waals surface area contributed by atoms with Gasteiger partial charge in [0, 0.05) is 25.4 Å². The molecule has 0 spiro atoms. The minimum atomic E-state index is -3.05. The lowest BCUT2D eigenvalue weighted by molar-refractivity contribution is 0.577. The minimum Gasteiger partial charge on any atom is -0.349 e. The highest BCUT2D eigenvalue weighted by molar-refractivity contribution is 7.89. The molecule has 1 aromatic heterocycles. The van der Waals surface area contributed by atoms with Gasteiger partial charge in [0.1, 0.15) is 5.82 Å². The minimum absolute atomic E-state index is 0.202. The monoisotopic (exact) mass is 231 g/mol. The summed E-state index contributed by atoms with van der Waals surface area (Å²) in [5.74, 6) is 1.10. The van der Waals surface area contributed by atoms with Crippen LogP contribution in [0.5, 0.6) is 0 Å². The Morgan fingerprint density at radius 2 is 2.33 bits per heavy atom. The smallest absolute Gasteiger partial charge is 0.211 e. The molecule has 0 amide bonds. The van der Waals surface area contributed by atoms with Gasteiger partial charge in [-0.15, -0.1) is 0 Å². The van der Waals surface area contributed by atoms with Gasteiger partial charge in [-0.25, -0.2) is 18.1 Å². The maximum atomic E-state index is 11.3. The summed E-state index contributed by atoms with van der Waals surface area (Å²) in [5.41, 5.74) is 0. The lowest BCUT2D eigenvalue weighted by Crippen LogP contribution is -2.27. The molecule has 1 aromatic rings. The maximum Gasteiger partial charge on any atom is 0.211 e. The van der Waals surface area contributed by atoms with Gasteiger partial charge in [0.25, 0.3) is 0 Å². The Bertz CT molecular complexity index is 359. The zero-order valence-electron chi connectivity index (χ0n) is 8.86. The molecule has 1 rings (SSSR count). The zero-order chi connectivity index (χ0) is 11.1. The molecule has 0 aliphatic heterocycles. The predicted molar refractivity (Wildman–Crippen MR) is 59.0 cm³/mol. The van der Waals surface area contributed by atoms with Crippen molar-refractivity contribution in [1.82, 2.24) is 14.7 Å². The van der Waals surface area contributed by atoms with Crippen LogP contribution in [0.25, 0.3) is 0 Å². The quantitative estimate of drug-likeness (QED) is 0.677. The van der Waals surface area contributed by atoms with Crippen LogP contribution in [0.4, 0.5) is 0 Å². The summed E-state index contributed by atoms with van der Waals surface area (Å²) in [6, 6.07) is 0. The van der Waals surface area contributed by atoms with Gasteiger partial charge in [-0.3, -0.25) is 0 Å². The first kappa shape index (κ1) is 12.2. The first-order valence-corrected chi connectivity index (χ1v) is 6.75. The van der Waals surface area contributed by atoms with Crippen LogP contribution < -0.4 is 4.72 Å². The van der Waals surface area contributed by atoms with Crippen molar-refractivity contribution in [1.29, 1.82) is 0 Å². The normalized spacial score (nSPS) is 11.8. The number of H-pyrrole nitrogens is 1. The van der Waals surface area contributed by atoms with Crippen LogP contribution in [0, 0.1) is 0 Å². The van der Waals surface area contributed by atoms with E-state index in [1.807, 2.05) is 6.92 Å². The number of aryl methyl sites for hydroxylation is 1. The molecule has 2 N–H and O–H groups in total. The fourth-order valence-corrected chi connectivity index (χ4v) is 2.40. The Balaban J connectivity index is 2.17. The van der Waals surface area contributed by atoms with E-state index >= 15 is 0 Å². The van der Waals surface area contributed by atoms with Crippen molar-refractivity contribution in [2.45, 2.75) is 26.2 Å². The highest BCUT2D eigenvalue weighted by Gasteiger charge is 2.06. The molecule has 0 saturated carbocycles. The van der Waals surface area contributed by atoms with Crippen LogP contribution in [0.1, 0.15) is 25.6 Å². The molecule has 15 heavy (non-hydrogen) atoms. The molecular formula is C9H17N3O2S. The van der Waals surface area contributed by atoms with Crippen molar-refractivity contribution in [3.05, 3.63) is 18.2 Å². The Kier molecular flexibility index (Phi) is 4.77. The summed E-state index contributed by atoms with van der Waals surface area (Å²) in [7, 11) is -3.05. The number of imidazole rings is 1. The van der Waals surface area contributed by atoms with Gasteiger partial charge in [-0.2, -0.15) is 0 Å². The van der Waals surface area contributed by atoms with E-state index in [0.717, 1.165) is 18.7 Å². The molecule has 0 aliphatic rings. The van der Waals surface area contributed by atoms with E-state index in [0.29, 0.717) is 13.0 Å². The van der Waals surface area contributed by atoms with Crippen LogP contribution in [-0.4, -0.2) is 30.7 Å². The largest absolute Gasteiger partial charge is 0.349 e. The summed E-state index contributed by atoms with van der Waals surface area (Å²) in [6.45, 7) is 2.32. The number of sulfonamides is 1. The third-order valence-electron chi connectivity index (χ3n) is 1.94. The average molecular weight is 231 g/mol. The summed E-state index contributed by atoms with van der Waals surface area (Å²) >= 11 is 0. The van der Waals surface area contributed by atoms with Gasteiger partial charge in [-0.05, 0) is 12.8 Å². The average Bonchev–Trinajstić information content (AvgIpc) is 2.65. The van der Waals surface area contributed by atoms with Gasteiger partial charge < -0.3 is 4.98 Å². The first-order valence-electron chi connectivity index (χ1n) is 5.09. The molecular weight excluding hydrogens is 214 g/mol. The highest BCUT2D eigenvalue weighted by atomic mass is 32.2. The molecule has 1 heterocycles. The summed E-state index contributed by atoms with van der Waals surface area (Å²) in [4.78, 5) is 7.03. The second kappa shape index (κ2) is 5.87. The van der Waals surface area contributed by atoms with Crippen LogP contribution in [0.15, 0.2) is 12.4 Å². The third kappa shape index (κ3) is 4.94. The third-order valence-corrected chi connectivity index (χ3v) is 3.53. The van der Waals surface area contributed by atoms with Crippen LogP contribution in [-0.2, 0) is 16.4 Å². The van der Waals surface area contributed by atoms with Crippen molar-refractivity contribution in [2.75, 3.05) is 12.3 Å². The number of aromatic amines is 1. The molecule has 0 saturated heterocycles. The molecule has 0 aliphatic carbocycles. The van der Waals surface area contributed by atoms with E-state index in [1.165, 1.54) is 0 Å². The van der Waals surface area contributed by atoms with Gasteiger partial charge in [-0.1, -0.05) is 6.92 Å². The van der Waals surface area contributed by atoms with Crippen molar-refractivity contribution < 1.29 is 8.42 Å². The molecule has 0 bridgehead atoms. The molecule has 0 aromatic carbocycles. The van der Waals surface area contributed by atoms with E-state index in [1.54, 1.807) is 12.4 Å². The highest BCUT2D eigenvalue weighted by Crippen LogP contribution is 1.95. The van der Waals surface area contributed by atoms with E-state index in [2.05, 4.69) is 14.7 Å². The van der Waals surface area contributed by atoms with Crippen LogP contribution in [0.3, 0.4) is 0 Å². The van der Waals surface area contributed by atoms with Gasteiger partial charge >= 0.3 is 0 Å². The molecule has 0 unspecified atom stereocenters. The molecule has 6 heteroatoms. The summed E-state index contributed by atoms with van der Waals surface area (Å²) in [5, 5.41) is 0. The maximum absolute atomic E-state index is 11.3. The summed E-state index contributed by atoms with van der Waals surface area (Å²) in [6.07, 6.45) is 5.62. The van der Waals surface area contributed by atoms with Gasteiger partial charge in [0.2, 0.25) is 10.0 Å². The second-order valence-electron chi connectivity index (χ2n) is 3.35. The molecule has 0 atom stereocenters. The predicted octanol–water partition coefficient (Wildman–Crippen LogP) is 0.672. The van der Waals surface area contributed by atoms with E-state index in [9.17, 15) is 8.42 Å². The summed E-state index contributed by atoms with van der Waals surface area (Å²) < 4.78 is 25.1. The van der Waals surface area contributed by atoms with Crippen molar-refractivity contribution >= 4 is 10.0 Å². The van der Waals surface area contributed by atoms with Crippen molar-refractivity contribution in [2.24, 2.45) is 0 Å². The van der Waals surface area contributed by atoms with E-state index in [4.69, 9.17) is 0 Å².